The van der Waals surface area contributed by atoms with E-state index in [1.165, 1.54) is 35.7 Å². The topological polar surface area (TPSA) is 368 Å². The van der Waals surface area contributed by atoms with E-state index in [9.17, 15) is 19.2 Å². The quantitative estimate of drug-likeness (QED) is 0.0214. The predicted molar refractivity (Wildman–Crippen MR) is 250 cm³/mol. The number of unbranched alkanes of at least 4 members (excludes halogenated alkanes) is 2. The number of nitrogens with two attached hydrogens (primary N) is 8. The molecule has 0 fully saturated rings. The van der Waals surface area contributed by atoms with E-state index in [1.54, 1.807) is 36.4 Å². The minimum atomic E-state index is -0.628. The summed E-state index contributed by atoms with van der Waals surface area (Å²) >= 11 is 2.70. The maximum atomic E-state index is 14.3. The third-order valence-corrected chi connectivity index (χ3v) is 10.7. The second-order valence-electron chi connectivity index (χ2n) is 13.3. The maximum absolute atomic E-state index is 14.3. The monoisotopic (exact) mass is 896 g/mol. The van der Waals surface area contributed by atoms with Gasteiger partial charge in [-0.15, -0.1) is 23.5 Å². The van der Waals surface area contributed by atoms with E-state index in [4.69, 9.17) is 55.3 Å². The van der Waals surface area contributed by atoms with Crippen molar-refractivity contribution in [3.8, 4) is 11.5 Å². The Kier molecular flexibility index (Phi) is 22.8. The highest BCUT2D eigenvalue weighted by molar-refractivity contribution is 7.99. The Morgan fingerprint density at radius 1 is 0.532 bits per heavy atom. The molecule has 0 spiro atoms. The number of nitrogens with zero attached hydrogens (tertiary/aromatic N) is 2. The van der Waals surface area contributed by atoms with Gasteiger partial charge in [0.1, 0.15) is 24.7 Å². The number of benzene rings is 3. The summed E-state index contributed by atoms with van der Waals surface area (Å²) in [7, 11) is 0. The van der Waals surface area contributed by atoms with Crippen molar-refractivity contribution in [2.24, 2.45) is 55.9 Å². The van der Waals surface area contributed by atoms with Gasteiger partial charge < -0.3 is 76.6 Å². The lowest BCUT2D eigenvalue weighted by molar-refractivity contribution is -0.117. The van der Waals surface area contributed by atoms with Crippen molar-refractivity contribution in [1.82, 2.24) is 0 Å². The molecule has 3 aromatic rings. The molecule has 0 unspecified atom stereocenters. The van der Waals surface area contributed by atoms with Crippen molar-refractivity contribution in [1.29, 1.82) is 0 Å². The number of ether oxygens (including phenoxy) is 2. The third-order valence-electron chi connectivity index (χ3n) is 8.34. The highest BCUT2D eigenvalue weighted by Gasteiger charge is 2.25. The molecule has 0 aromatic heterocycles. The number of carbonyl (C=O) groups excluding carboxylic acids is 4. The first-order chi connectivity index (χ1) is 29.9. The minimum absolute atomic E-state index is 0.00716. The molecular weight excluding hydrogens is 837 g/mol. The Morgan fingerprint density at radius 3 is 1.27 bits per heavy atom. The summed E-state index contributed by atoms with van der Waals surface area (Å²) < 4.78 is 11.8. The summed E-state index contributed by atoms with van der Waals surface area (Å²) in [5, 5.41) is 11.7. The number of rotatable bonds is 28. The molecule has 3 rings (SSSR count). The maximum Gasteiger partial charge on any atom is 0.259 e. The normalized spacial score (nSPS) is 10.6. The van der Waals surface area contributed by atoms with Crippen molar-refractivity contribution >= 4 is 81.8 Å². The molecule has 20 nitrogen and oxygen atoms in total. The van der Waals surface area contributed by atoms with Crippen LogP contribution in [-0.2, 0) is 9.59 Å². The van der Waals surface area contributed by atoms with Gasteiger partial charge in [-0.25, -0.2) is 0 Å². The highest BCUT2D eigenvalue weighted by atomic mass is 32.2. The molecule has 3 aromatic carbocycles. The number of nitrogens with one attached hydrogen (secondary N) is 4. The van der Waals surface area contributed by atoms with Gasteiger partial charge >= 0.3 is 0 Å². The van der Waals surface area contributed by atoms with Crippen LogP contribution < -0.4 is 76.6 Å². The van der Waals surface area contributed by atoms with Crippen molar-refractivity contribution in [2.45, 2.75) is 48.3 Å². The number of aliphatic imine (C=N–C) groups is 2. The fourth-order valence-electron chi connectivity index (χ4n) is 5.61. The van der Waals surface area contributed by atoms with Gasteiger partial charge in [0.15, 0.2) is 11.9 Å². The number of amides is 4. The molecule has 62 heavy (non-hydrogen) atoms. The lowest BCUT2D eigenvalue weighted by atomic mass is 10.1. The largest absolute Gasteiger partial charge is 0.491 e. The summed E-state index contributed by atoms with van der Waals surface area (Å²) in [5.74, 6) is -0.588. The van der Waals surface area contributed by atoms with Gasteiger partial charge in [-0.05, 0) is 56.0 Å². The predicted octanol–water partition coefficient (Wildman–Crippen LogP) is 1.73. The Balaban J connectivity index is 1.99. The van der Waals surface area contributed by atoms with E-state index in [0.717, 1.165) is 0 Å². The Morgan fingerprint density at radius 2 is 0.919 bits per heavy atom. The Bertz CT molecular complexity index is 1870. The smallest absolute Gasteiger partial charge is 0.259 e. The van der Waals surface area contributed by atoms with E-state index in [0.29, 0.717) is 95.9 Å². The standard InChI is InChI=1S/C40H60N14O6S2/c41-13-19-59-31-24-32(60-20-14-42)26(38(58)54-30-10-6-8-28(36(30)62-22-16-44)52-34(56)12-2-4-18-50-40(47)48)23-25(31)37(57)53-29-9-5-7-27(35(29)61-21-15-43)51-33(55)11-1-3-17-49-39(45)46/h5-10,23-24H,1-4,11-22,41-44H2,(H,51,55)(H,52,56)(H,53,57)(H,54,58)(H4,45,46,49)(H4,47,48,50). The van der Waals surface area contributed by atoms with E-state index >= 15 is 0 Å². The number of anilines is 4. The van der Waals surface area contributed by atoms with Gasteiger partial charge in [-0.2, -0.15) is 0 Å². The summed E-state index contributed by atoms with van der Waals surface area (Å²) in [6.07, 6.45) is 2.77. The first-order valence-electron chi connectivity index (χ1n) is 20.0. The SMILES string of the molecule is NCCOc1cc(OCCN)c(C(=O)Nc2cccc(NC(=O)CCCCN=C(N)N)c2SCCN)cc1C(=O)Nc1cccc(NC(=O)CCCCN=C(N)N)c1SCCN. The highest BCUT2D eigenvalue weighted by Crippen LogP contribution is 2.38. The zero-order valence-corrected chi connectivity index (χ0v) is 36.3. The van der Waals surface area contributed by atoms with Gasteiger partial charge in [0.2, 0.25) is 11.8 Å². The number of carbonyl (C=O) groups is 4. The molecular formula is C40H60N14O6S2. The molecule has 0 heterocycles. The van der Waals surface area contributed by atoms with E-state index < -0.39 is 11.8 Å². The fourth-order valence-corrected chi connectivity index (χ4v) is 7.35. The Labute approximate surface area is 369 Å². The zero-order valence-electron chi connectivity index (χ0n) is 34.7. The van der Waals surface area contributed by atoms with Crippen LogP contribution in [0.2, 0.25) is 0 Å². The molecule has 0 saturated heterocycles. The first-order valence-corrected chi connectivity index (χ1v) is 22.0. The van der Waals surface area contributed by atoms with Crippen molar-refractivity contribution < 1.29 is 28.7 Å². The molecule has 22 heteroatoms. The van der Waals surface area contributed by atoms with Crippen LogP contribution in [0, 0.1) is 0 Å². The Hall–Kier alpha value is -5.78. The van der Waals surface area contributed by atoms with E-state index in [2.05, 4.69) is 31.3 Å². The number of hydrogen-bond acceptors (Lipinski definition) is 14. The van der Waals surface area contributed by atoms with Gasteiger partial charge in [0, 0.05) is 69.7 Å². The van der Waals surface area contributed by atoms with E-state index in [1.807, 2.05) is 0 Å². The van der Waals surface area contributed by atoms with Gasteiger partial charge in [0.05, 0.1) is 43.7 Å². The lowest BCUT2D eigenvalue weighted by Gasteiger charge is -2.20. The van der Waals surface area contributed by atoms with Crippen LogP contribution in [0.4, 0.5) is 22.7 Å². The molecule has 0 atom stereocenters. The van der Waals surface area contributed by atoms with Crippen LogP contribution in [0.3, 0.4) is 0 Å². The van der Waals surface area contributed by atoms with Crippen molar-refractivity contribution in [2.75, 3.05) is 85.3 Å². The van der Waals surface area contributed by atoms with Crippen molar-refractivity contribution in [3.05, 3.63) is 59.7 Å². The second kappa shape index (κ2) is 27.9. The van der Waals surface area contributed by atoms with Crippen LogP contribution in [0.5, 0.6) is 11.5 Å². The van der Waals surface area contributed by atoms with Crippen LogP contribution in [0.25, 0.3) is 0 Å². The van der Waals surface area contributed by atoms with Crippen molar-refractivity contribution in [3.63, 3.8) is 0 Å². The number of thioether (sulfide) groups is 2. The van der Waals surface area contributed by atoms with Gasteiger partial charge in [-0.3, -0.25) is 29.2 Å². The first kappa shape index (κ1) is 50.6. The van der Waals surface area contributed by atoms with Crippen LogP contribution in [0.1, 0.15) is 59.2 Å². The van der Waals surface area contributed by atoms with Gasteiger partial charge in [0.25, 0.3) is 11.8 Å². The van der Waals surface area contributed by atoms with Crippen LogP contribution in [-0.4, -0.2) is 99.5 Å². The molecule has 0 bridgehead atoms. The molecule has 0 radical (unpaired) electrons. The average molecular weight is 897 g/mol. The molecule has 0 saturated carbocycles. The number of hydrogen-bond donors (Lipinski definition) is 12. The van der Waals surface area contributed by atoms with Gasteiger partial charge in [-0.1, -0.05) is 12.1 Å². The summed E-state index contributed by atoms with van der Waals surface area (Å²) in [6, 6.07) is 13.0. The van der Waals surface area contributed by atoms with Crippen LogP contribution in [0.15, 0.2) is 68.3 Å². The summed E-state index contributed by atoms with van der Waals surface area (Å²) in [5.41, 5.74) is 46.5. The lowest BCUT2D eigenvalue weighted by Crippen LogP contribution is -2.23. The summed E-state index contributed by atoms with van der Waals surface area (Å²) in [6.45, 7) is 1.82. The third kappa shape index (κ3) is 17.3. The second-order valence-corrected chi connectivity index (χ2v) is 15.5. The fraction of sp³-hybridized carbons (Fsp3) is 0.400. The minimum Gasteiger partial charge on any atom is -0.491 e. The number of guanidine groups is 2. The molecule has 0 aliphatic heterocycles. The average Bonchev–Trinajstić information content (AvgIpc) is 3.23. The molecule has 4 amide bonds. The zero-order chi connectivity index (χ0) is 45.3. The molecule has 0 aliphatic carbocycles. The molecule has 20 N–H and O–H groups in total. The van der Waals surface area contributed by atoms with E-state index in [-0.39, 0.29) is 85.5 Å². The van der Waals surface area contributed by atoms with Crippen LogP contribution >= 0.6 is 23.5 Å². The molecule has 0 aliphatic rings. The molecule has 338 valence electrons. The summed E-state index contributed by atoms with van der Waals surface area (Å²) in [4.78, 5) is 63.5.